The fourth-order valence-corrected chi connectivity index (χ4v) is 2.18. The van der Waals surface area contributed by atoms with Crippen molar-refractivity contribution in [3.05, 3.63) is 0 Å². The maximum absolute atomic E-state index is 11.8. The molecule has 0 heterocycles. The molecule has 3 N–H and O–H groups in total. The Labute approximate surface area is 118 Å². The van der Waals surface area contributed by atoms with Crippen LogP contribution in [-0.2, 0) is 9.53 Å². The first-order valence-corrected chi connectivity index (χ1v) is 7.43. The molecule has 0 radical (unpaired) electrons. The molecule has 114 valence electrons. The van der Waals surface area contributed by atoms with E-state index < -0.39 is 0 Å². The third-order valence-electron chi connectivity index (χ3n) is 3.47. The van der Waals surface area contributed by atoms with Crippen LogP contribution in [-0.4, -0.2) is 31.2 Å². The van der Waals surface area contributed by atoms with E-state index in [2.05, 4.69) is 19.2 Å². The molecule has 4 nitrogen and oxygen atoms in total. The molecule has 0 rings (SSSR count). The summed E-state index contributed by atoms with van der Waals surface area (Å²) in [6.45, 7) is 12.2. The Morgan fingerprint density at radius 1 is 1.32 bits per heavy atom. The Balaban J connectivity index is 3.97. The number of hydrogen-bond acceptors (Lipinski definition) is 3. The summed E-state index contributed by atoms with van der Waals surface area (Å²) in [6.07, 6.45) is 2.48. The van der Waals surface area contributed by atoms with Gasteiger partial charge >= 0.3 is 0 Å². The second kappa shape index (κ2) is 9.32. The normalized spacial score (nSPS) is 13.6. The molecule has 4 heteroatoms. The van der Waals surface area contributed by atoms with Crippen LogP contribution in [0.1, 0.15) is 53.9 Å². The molecule has 0 aromatic carbocycles. The summed E-state index contributed by atoms with van der Waals surface area (Å²) in [5.74, 6) is 1.22. The Hall–Kier alpha value is -0.610. The monoisotopic (exact) mass is 272 g/mol. The van der Waals surface area contributed by atoms with Crippen LogP contribution in [0.4, 0.5) is 0 Å². The van der Waals surface area contributed by atoms with Gasteiger partial charge in [0.25, 0.3) is 0 Å². The third kappa shape index (κ3) is 9.00. The molecule has 0 saturated carbocycles. The van der Waals surface area contributed by atoms with Crippen molar-refractivity contribution in [1.82, 2.24) is 5.32 Å². The zero-order chi connectivity index (χ0) is 14.9. The third-order valence-corrected chi connectivity index (χ3v) is 3.47. The van der Waals surface area contributed by atoms with Crippen molar-refractivity contribution in [2.75, 3.05) is 19.7 Å². The number of hydrogen-bond donors (Lipinski definition) is 2. The summed E-state index contributed by atoms with van der Waals surface area (Å²) in [5.41, 5.74) is 5.31. The Morgan fingerprint density at radius 2 is 1.95 bits per heavy atom. The average Bonchev–Trinajstić information content (AvgIpc) is 2.31. The van der Waals surface area contributed by atoms with Gasteiger partial charge in [0.15, 0.2) is 0 Å². The first-order chi connectivity index (χ1) is 8.82. The van der Waals surface area contributed by atoms with E-state index in [1.165, 1.54) is 0 Å². The maximum atomic E-state index is 11.8. The predicted molar refractivity (Wildman–Crippen MR) is 79.9 cm³/mol. The molecule has 0 saturated heterocycles. The quantitative estimate of drug-likeness (QED) is 0.641. The summed E-state index contributed by atoms with van der Waals surface area (Å²) in [7, 11) is 0. The maximum Gasteiger partial charge on any atom is 0.220 e. The number of rotatable bonds is 10. The van der Waals surface area contributed by atoms with Crippen molar-refractivity contribution >= 4 is 5.91 Å². The van der Waals surface area contributed by atoms with E-state index in [1.54, 1.807) is 0 Å². The van der Waals surface area contributed by atoms with Crippen LogP contribution < -0.4 is 11.1 Å². The highest BCUT2D eigenvalue weighted by atomic mass is 16.5. The van der Waals surface area contributed by atoms with E-state index in [9.17, 15) is 4.79 Å². The average molecular weight is 272 g/mol. The number of amides is 1. The van der Waals surface area contributed by atoms with Crippen molar-refractivity contribution in [2.45, 2.75) is 59.5 Å². The first-order valence-electron chi connectivity index (χ1n) is 7.43. The summed E-state index contributed by atoms with van der Waals surface area (Å²) in [4.78, 5) is 11.8. The fraction of sp³-hybridized carbons (Fsp3) is 0.933. The van der Waals surface area contributed by atoms with Gasteiger partial charge in [-0.25, -0.2) is 0 Å². The molecule has 1 unspecified atom stereocenters. The van der Waals surface area contributed by atoms with Crippen molar-refractivity contribution in [3.63, 3.8) is 0 Å². The van der Waals surface area contributed by atoms with Crippen molar-refractivity contribution < 1.29 is 9.53 Å². The van der Waals surface area contributed by atoms with Gasteiger partial charge in [-0.3, -0.25) is 4.79 Å². The lowest BCUT2D eigenvalue weighted by molar-refractivity contribution is -0.123. The number of nitrogens with one attached hydrogen (secondary N) is 1. The zero-order valence-electron chi connectivity index (χ0n) is 13.3. The van der Waals surface area contributed by atoms with Gasteiger partial charge in [0.05, 0.1) is 5.60 Å². The SMILES string of the molecule is CCOC(C)(C)CNC(=O)CCC(CCN)C(C)C. The van der Waals surface area contributed by atoms with Gasteiger partial charge in [0, 0.05) is 19.6 Å². The smallest absolute Gasteiger partial charge is 0.220 e. The van der Waals surface area contributed by atoms with Gasteiger partial charge < -0.3 is 15.8 Å². The van der Waals surface area contributed by atoms with Gasteiger partial charge in [0.2, 0.25) is 5.91 Å². The predicted octanol–water partition coefficient (Wildman–Crippen LogP) is 2.32. The summed E-state index contributed by atoms with van der Waals surface area (Å²) >= 11 is 0. The van der Waals surface area contributed by atoms with Gasteiger partial charge in [-0.15, -0.1) is 0 Å². The summed E-state index contributed by atoms with van der Waals surface area (Å²) < 4.78 is 5.55. The van der Waals surface area contributed by atoms with E-state index >= 15 is 0 Å². The molecule has 1 atom stereocenters. The van der Waals surface area contributed by atoms with Gasteiger partial charge in [-0.2, -0.15) is 0 Å². The number of nitrogens with two attached hydrogens (primary N) is 1. The molecule has 19 heavy (non-hydrogen) atoms. The van der Waals surface area contributed by atoms with Gasteiger partial charge in [-0.1, -0.05) is 13.8 Å². The Kier molecular flexibility index (Phi) is 9.02. The highest BCUT2D eigenvalue weighted by molar-refractivity contribution is 5.75. The molecule has 0 aromatic heterocycles. The molecule has 0 aliphatic rings. The van der Waals surface area contributed by atoms with Crippen LogP contribution in [0.2, 0.25) is 0 Å². The lowest BCUT2D eigenvalue weighted by atomic mass is 9.88. The second-order valence-electron chi connectivity index (χ2n) is 6.09. The molecule has 1 amide bonds. The number of carbonyl (C=O) groups excluding carboxylic acids is 1. The molecule has 0 aliphatic heterocycles. The van der Waals surface area contributed by atoms with Crippen LogP contribution in [0.15, 0.2) is 0 Å². The highest BCUT2D eigenvalue weighted by Crippen LogP contribution is 2.20. The minimum Gasteiger partial charge on any atom is -0.374 e. The van der Waals surface area contributed by atoms with E-state index in [0.29, 0.717) is 38.0 Å². The minimum absolute atomic E-state index is 0.107. The van der Waals surface area contributed by atoms with Crippen LogP contribution in [0, 0.1) is 11.8 Å². The topological polar surface area (TPSA) is 64.3 Å². The van der Waals surface area contributed by atoms with Crippen molar-refractivity contribution in [2.24, 2.45) is 17.6 Å². The number of ether oxygens (including phenoxy) is 1. The largest absolute Gasteiger partial charge is 0.374 e. The minimum atomic E-state index is -0.293. The Bertz CT molecular complexity index is 253. The lowest BCUT2D eigenvalue weighted by Gasteiger charge is -2.25. The molecule has 0 spiro atoms. The lowest BCUT2D eigenvalue weighted by Crippen LogP contribution is -2.40. The van der Waals surface area contributed by atoms with Gasteiger partial charge in [-0.05, 0) is 52.0 Å². The van der Waals surface area contributed by atoms with Crippen LogP contribution in [0.25, 0.3) is 0 Å². The van der Waals surface area contributed by atoms with Crippen LogP contribution in [0.5, 0.6) is 0 Å². The molecule has 0 fully saturated rings. The molecular formula is C15H32N2O2. The van der Waals surface area contributed by atoms with Crippen LogP contribution in [0.3, 0.4) is 0 Å². The molecule has 0 aromatic rings. The van der Waals surface area contributed by atoms with Gasteiger partial charge in [0.1, 0.15) is 0 Å². The van der Waals surface area contributed by atoms with Crippen LogP contribution >= 0.6 is 0 Å². The highest BCUT2D eigenvalue weighted by Gasteiger charge is 2.19. The van der Waals surface area contributed by atoms with E-state index in [0.717, 1.165) is 12.8 Å². The Morgan fingerprint density at radius 3 is 2.42 bits per heavy atom. The second-order valence-corrected chi connectivity index (χ2v) is 6.09. The van der Waals surface area contributed by atoms with Crippen molar-refractivity contribution in [1.29, 1.82) is 0 Å². The van der Waals surface area contributed by atoms with E-state index in [4.69, 9.17) is 10.5 Å². The van der Waals surface area contributed by atoms with E-state index in [-0.39, 0.29) is 11.5 Å². The summed E-state index contributed by atoms with van der Waals surface area (Å²) in [5, 5.41) is 2.95. The molecule has 0 aliphatic carbocycles. The first kappa shape index (κ1) is 18.4. The van der Waals surface area contributed by atoms with E-state index in [1.807, 2.05) is 20.8 Å². The fourth-order valence-electron chi connectivity index (χ4n) is 2.18. The molecular weight excluding hydrogens is 240 g/mol. The summed E-state index contributed by atoms with van der Waals surface area (Å²) in [6, 6.07) is 0. The number of carbonyl (C=O) groups is 1. The standard InChI is InChI=1S/C15H32N2O2/c1-6-19-15(4,5)11-17-14(18)8-7-13(9-10-16)12(2)3/h12-13H,6-11,16H2,1-5H3,(H,17,18). The molecule has 0 bridgehead atoms. The zero-order valence-corrected chi connectivity index (χ0v) is 13.3. The van der Waals surface area contributed by atoms with Crippen molar-refractivity contribution in [3.8, 4) is 0 Å².